The first-order valence-corrected chi connectivity index (χ1v) is 12.6. The zero-order valence-electron chi connectivity index (χ0n) is 20.2. The molecule has 2 saturated heterocycles. The Morgan fingerprint density at radius 2 is 2.16 bits per heavy atom. The molecule has 3 aliphatic rings. The first kappa shape index (κ1) is 25.1. The highest BCUT2D eigenvalue weighted by Gasteiger charge is 2.52. The largest absolute Gasteiger partial charge is 0.543 e. The van der Waals surface area contributed by atoms with Gasteiger partial charge in [0.05, 0.1) is 17.7 Å². The maximum absolute atomic E-state index is 13.1. The Morgan fingerprint density at radius 1 is 1.37 bits per heavy atom. The number of carboxylic acid groups (broad SMARTS) is 1. The Hall–Kier alpha value is -4.59. The van der Waals surface area contributed by atoms with E-state index in [0.717, 1.165) is 21.9 Å². The molecule has 3 aliphatic heterocycles. The van der Waals surface area contributed by atoms with Crippen molar-refractivity contribution in [3.05, 3.63) is 58.5 Å². The Bertz CT molecular complexity index is 1460. The molecule has 2 aromatic rings. The van der Waals surface area contributed by atoms with Gasteiger partial charge in [-0.25, -0.2) is 9.55 Å². The van der Waals surface area contributed by atoms with E-state index < -0.39 is 35.6 Å². The number of nitrogen functional groups attached to an aromatic ring is 1. The fourth-order valence-electron chi connectivity index (χ4n) is 4.98. The average Bonchev–Trinajstić information content (AvgIpc) is 3.47. The van der Waals surface area contributed by atoms with Crippen LogP contribution < -0.4 is 25.6 Å². The highest BCUT2D eigenvalue weighted by atomic mass is 32.1. The number of rotatable bonds is 6. The number of β-lactam (4-membered cyclic amide) rings is 1. The van der Waals surface area contributed by atoms with Crippen molar-refractivity contribution in [2.75, 3.05) is 17.2 Å². The van der Waals surface area contributed by atoms with Gasteiger partial charge in [-0.2, -0.15) is 0 Å². The Morgan fingerprint density at radius 3 is 2.82 bits per heavy atom. The van der Waals surface area contributed by atoms with Gasteiger partial charge < -0.3 is 36.0 Å². The third kappa shape index (κ3) is 4.28. The summed E-state index contributed by atoms with van der Waals surface area (Å²) in [6.07, 6.45) is 6.22. The van der Waals surface area contributed by atoms with Gasteiger partial charge >= 0.3 is 0 Å². The van der Waals surface area contributed by atoms with Crippen LogP contribution in [0.5, 0.6) is 0 Å². The summed E-state index contributed by atoms with van der Waals surface area (Å²) in [6.45, 7) is 0.446. The monoisotopic (exact) mass is 537 g/mol. The van der Waals surface area contributed by atoms with Crippen LogP contribution in [-0.4, -0.2) is 63.1 Å². The maximum Gasteiger partial charge on any atom is 0.276 e. The fourth-order valence-corrected chi connectivity index (χ4v) is 5.52. The highest BCUT2D eigenvalue weighted by molar-refractivity contribution is 7.13. The number of carbonyl (C=O) groups is 4. The van der Waals surface area contributed by atoms with Crippen molar-refractivity contribution in [3.8, 4) is 0 Å². The molecule has 0 aromatic carbocycles. The molecule has 14 heteroatoms. The fraction of sp³-hybridized carbons (Fsp3) is 0.292. The lowest BCUT2D eigenvalue weighted by atomic mass is 9.82. The van der Waals surface area contributed by atoms with Gasteiger partial charge in [0.1, 0.15) is 24.5 Å². The molecule has 2 aromatic heterocycles. The van der Waals surface area contributed by atoms with Crippen LogP contribution in [0.4, 0.5) is 10.8 Å². The predicted molar refractivity (Wildman–Crippen MR) is 131 cm³/mol. The van der Waals surface area contributed by atoms with Crippen molar-refractivity contribution in [2.24, 2.45) is 12.2 Å². The number of allylic oxidation sites excluding steroid dienone is 2. The Balaban J connectivity index is 1.35. The Kier molecular flexibility index (Phi) is 6.40. The number of aryl methyl sites for hydroxylation is 1. The minimum atomic E-state index is -1.55. The summed E-state index contributed by atoms with van der Waals surface area (Å²) in [6, 6.07) is 1.99. The molecule has 0 bridgehead atoms. The van der Waals surface area contributed by atoms with Gasteiger partial charge in [-0.3, -0.25) is 14.4 Å². The zero-order valence-corrected chi connectivity index (χ0v) is 21.0. The third-order valence-electron chi connectivity index (χ3n) is 6.74. The van der Waals surface area contributed by atoms with Crippen molar-refractivity contribution in [1.82, 2.24) is 15.2 Å². The lowest BCUT2D eigenvalue weighted by Crippen LogP contribution is -2.72. The highest BCUT2D eigenvalue weighted by Crippen LogP contribution is 2.38. The molecule has 13 nitrogen and oxygen atoms in total. The number of aliphatic carboxylic acids is 1. The van der Waals surface area contributed by atoms with Crippen LogP contribution in [-0.2, 0) is 26.2 Å². The number of thiazole rings is 1. The lowest BCUT2D eigenvalue weighted by Gasteiger charge is -2.51. The number of nitrogens with zero attached hydrogens (tertiary/aromatic N) is 5. The number of anilines is 2. The van der Waals surface area contributed by atoms with Crippen molar-refractivity contribution in [1.29, 1.82) is 0 Å². The number of carboxylic acids is 1. The third-order valence-corrected chi connectivity index (χ3v) is 7.42. The number of fused-ring (bicyclic) bond motifs is 1. The summed E-state index contributed by atoms with van der Waals surface area (Å²) in [5, 5.41) is 28.5. The SMILES string of the molecule is C[n+]1cccc(N2CC/C(=C\C3=C(C(=O)[O-])N4C(=O)[C@@H](NC(=O)/C(=N\O)c5csc(N)n5)[C@H]4CC3)C2=O)c1. The second kappa shape index (κ2) is 9.70. The zero-order chi connectivity index (χ0) is 27.1. The van der Waals surface area contributed by atoms with E-state index in [4.69, 9.17) is 5.73 Å². The molecule has 3 amide bonds. The van der Waals surface area contributed by atoms with Crippen molar-refractivity contribution in [3.63, 3.8) is 0 Å². The normalized spacial score (nSPS) is 22.6. The lowest BCUT2D eigenvalue weighted by molar-refractivity contribution is -0.670. The van der Waals surface area contributed by atoms with Crippen LogP contribution in [0.3, 0.4) is 0 Å². The van der Waals surface area contributed by atoms with E-state index in [-0.39, 0.29) is 28.9 Å². The first-order chi connectivity index (χ1) is 18.2. The minimum absolute atomic E-state index is 0.0449. The van der Waals surface area contributed by atoms with Gasteiger partial charge in [0.2, 0.25) is 0 Å². The topological polar surface area (TPSA) is 185 Å². The number of amides is 3. The summed E-state index contributed by atoms with van der Waals surface area (Å²) < 4.78 is 1.83. The maximum atomic E-state index is 13.1. The van der Waals surface area contributed by atoms with Gasteiger partial charge in [-0.15, -0.1) is 11.3 Å². The average molecular weight is 538 g/mol. The van der Waals surface area contributed by atoms with E-state index in [9.17, 15) is 29.5 Å². The number of oxime groups is 1. The molecule has 196 valence electrons. The van der Waals surface area contributed by atoms with Gasteiger partial charge in [0.25, 0.3) is 17.7 Å². The van der Waals surface area contributed by atoms with Crippen LogP contribution in [0.1, 0.15) is 25.0 Å². The summed E-state index contributed by atoms with van der Waals surface area (Å²) in [5.74, 6) is -3.28. The smallest absolute Gasteiger partial charge is 0.276 e. The summed E-state index contributed by atoms with van der Waals surface area (Å²) in [4.78, 5) is 57.4. The van der Waals surface area contributed by atoms with Crippen molar-refractivity contribution >= 4 is 51.6 Å². The van der Waals surface area contributed by atoms with Crippen molar-refractivity contribution in [2.45, 2.75) is 31.3 Å². The second-order valence-corrected chi connectivity index (χ2v) is 9.94. The molecule has 0 saturated carbocycles. The van der Waals surface area contributed by atoms with Crippen molar-refractivity contribution < 1.29 is 34.1 Å². The van der Waals surface area contributed by atoms with Gasteiger partial charge in [0, 0.05) is 23.6 Å². The van der Waals surface area contributed by atoms with Crippen LogP contribution >= 0.6 is 11.3 Å². The van der Waals surface area contributed by atoms with Crippen LogP contribution in [0, 0.1) is 0 Å². The molecule has 0 spiro atoms. The molecule has 5 heterocycles. The number of carbonyl (C=O) groups excluding carboxylic acids is 4. The van der Waals surface area contributed by atoms with Crippen LogP contribution in [0.25, 0.3) is 0 Å². The van der Waals surface area contributed by atoms with Gasteiger partial charge in [-0.05, 0) is 37.0 Å². The summed E-state index contributed by atoms with van der Waals surface area (Å²) >= 11 is 1.05. The summed E-state index contributed by atoms with van der Waals surface area (Å²) in [5.41, 5.74) is 6.36. The molecule has 0 unspecified atom stereocenters. The molecular weight excluding hydrogens is 514 g/mol. The minimum Gasteiger partial charge on any atom is -0.543 e. The van der Waals surface area contributed by atoms with Gasteiger partial charge in [0.15, 0.2) is 23.2 Å². The molecule has 0 radical (unpaired) electrons. The number of pyridine rings is 1. The molecule has 0 aliphatic carbocycles. The molecule has 2 atom stereocenters. The van der Waals surface area contributed by atoms with Crippen LogP contribution in [0.2, 0.25) is 0 Å². The van der Waals surface area contributed by atoms with E-state index >= 15 is 0 Å². The van der Waals surface area contributed by atoms with E-state index in [2.05, 4.69) is 15.5 Å². The van der Waals surface area contributed by atoms with E-state index in [1.807, 2.05) is 36.1 Å². The summed E-state index contributed by atoms with van der Waals surface area (Å²) in [7, 11) is 1.85. The number of aromatic nitrogens is 2. The number of nitrogens with two attached hydrogens (primary N) is 1. The first-order valence-electron chi connectivity index (χ1n) is 11.7. The van der Waals surface area contributed by atoms with Crippen LogP contribution in [0.15, 0.2) is 58.0 Å². The van der Waals surface area contributed by atoms with E-state index in [1.165, 1.54) is 11.5 Å². The quantitative estimate of drug-likeness (QED) is 0.100. The standard InChI is InChI=1S/C24H23N7O6S/c1-29-7-2-3-14(10-29)30-8-6-13(21(30)33)9-12-4-5-16-18(22(34)31(16)19(12)23(35)36)27-20(32)17(28-37)15-11-38-24(25)26-15/h2-3,7,9-11,16,18H,4-6,8H2,1H3,(H4-,25,26,27,32,35,36,37)/b13-9+/t16-,18+/m1/s1. The molecule has 38 heavy (non-hydrogen) atoms. The molecule has 2 fully saturated rings. The number of nitrogens with one attached hydrogen (secondary N) is 1. The predicted octanol–water partition coefficient (Wildman–Crippen LogP) is -1.42. The number of hydrogen-bond acceptors (Lipinski definition) is 10. The second-order valence-electron chi connectivity index (χ2n) is 9.05. The molecule has 4 N–H and O–H groups in total. The number of hydrogen-bond donors (Lipinski definition) is 3. The Labute approximate surface area is 220 Å². The van der Waals surface area contributed by atoms with E-state index in [0.29, 0.717) is 30.5 Å². The van der Waals surface area contributed by atoms with Gasteiger partial charge in [-0.1, -0.05) is 5.16 Å². The molecular formula is C24H23N7O6S. The molecule has 5 rings (SSSR count). The van der Waals surface area contributed by atoms with E-state index in [1.54, 1.807) is 4.90 Å².